The van der Waals surface area contributed by atoms with E-state index < -0.39 is 5.82 Å². The smallest absolute Gasteiger partial charge is 0.255 e. The van der Waals surface area contributed by atoms with E-state index in [4.69, 9.17) is 11.6 Å². The lowest BCUT2D eigenvalue weighted by atomic mass is 10.1. The molecular weight excluding hydrogens is 255 g/mol. The highest BCUT2D eigenvalue weighted by atomic mass is 35.5. The Kier molecular flexibility index (Phi) is 3.88. The number of aryl methyl sites for hydroxylation is 1. The molecule has 0 bridgehead atoms. The van der Waals surface area contributed by atoms with E-state index in [1.165, 1.54) is 12.1 Å². The summed E-state index contributed by atoms with van der Waals surface area (Å²) in [4.78, 5) is 13.9. The van der Waals surface area contributed by atoms with Gasteiger partial charge in [-0.2, -0.15) is 0 Å². The fourth-order valence-electron chi connectivity index (χ4n) is 2.14. The predicted octanol–water partition coefficient (Wildman–Crippen LogP) is 2.22. The van der Waals surface area contributed by atoms with Crippen molar-refractivity contribution in [3.05, 3.63) is 34.1 Å². The summed E-state index contributed by atoms with van der Waals surface area (Å²) in [6.07, 6.45) is 0.911. The summed E-state index contributed by atoms with van der Waals surface area (Å²) >= 11 is 6.02. The van der Waals surface area contributed by atoms with E-state index >= 15 is 0 Å². The maximum absolute atomic E-state index is 13.5. The second-order valence-corrected chi connectivity index (χ2v) is 5.05. The molecule has 98 valence electrons. The second kappa shape index (κ2) is 5.24. The number of nitrogens with zero attached hydrogens (tertiary/aromatic N) is 1. The number of likely N-dealkylation sites (N-methyl/N-ethyl adjacent to an activating group) is 1. The number of amides is 1. The first kappa shape index (κ1) is 13.3. The van der Waals surface area contributed by atoms with Gasteiger partial charge < -0.3 is 10.2 Å². The van der Waals surface area contributed by atoms with E-state index in [9.17, 15) is 9.18 Å². The number of hydrogen-bond acceptors (Lipinski definition) is 2. The molecule has 2 rings (SSSR count). The zero-order valence-electron chi connectivity index (χ0n) is 10.5. The third-order valence-corrected chi connectivity index (χ3v) is 3.69. The lowest BCUT2D eigenvalue weighted by Gasteiger charge is -2.24. The summed E-state index contributed by atoms with van der Waals surface area (Å²) in [6.45, 7) is 3.30. The highest BCUT2D eigenvalue weighted by Gasteiger charge is 2.25. The molecule has 1 aliphatic heterocycles. The SMILES string of the molecule is Cc1cc(Cl)c(C(=O)N(C)C2CCNC2)cc1F. The van der Waals surface area contributed by atoms with Crippen LogP contribution in [0.3, 0.4) is 0 Å². The molecule has 0 radical (unpaired) electrons. The number of carbonyl (C=O) groups excluding carboxylic acids is 1. The zero-order valence-corrected chi connectivity index (χ0v) is 11.2. The number of rotatable bonds is 2. The Morgan fingerprint density at radius 1 is 1.56 bits per heavy atom. The van der Waals surface area contributed by atoms with Gasteiger partial charge in [0.25, 0.3) is 5.91 Å². The van der Waals surface area contributed by atoms with Crippen LogP contribution >= 0.6 is 11.6 Å². The molecule has 1 aromatic carbocycles. The molecule has 1 aliphatic rings. The van der Waals surface area contributed by atoms with E-state index in [1.807, 2.05) is 0 Å². The molecule has 1 unspecified atom stereocenters. The lowest BCUT2D eigenvalue weighted by molar-refractivity contribution is 0.0743. The Morgan fingerprint density at radius 2 is 2.28 bits per heavy atom. The molecule has 0 saturated carbocycles. The van der Waals surface area contributed by atoms with Gasteiger partial charge in [-0.15, -0.1) is 0 Å². The number of carbonyl (C=O) groups is 1. The lowest BCUT2D eigenvalue weighted by Crippen LogP contribution is -2.38. The molecule has 1 aromatic rings. The van der Waals surface area contributed by atoms with Gasteiger partial charge >= 0.3 is 0 Å². The van der Waals surface area contributed by atoms with Crippen LogP contribution in [0.1, 0.15) is 22.3 Å². The average molecular weight is 271 g/mol. The third-order valence-electron chi connectivity index (χ3n) is 3.38. The number of halogens is 2. The molecule has 1 N–H and O–H groups in total. The molecule has 0 aliphatic carbocycles. The van der Waals surface area contributed by atoms with Gasteiger partial charge in [0.2, 0.25) is 0 Å². The number of nitrogens with one attached hydrogen (secondary N) is 1. The van der Waals surface area contributed by atoms with Gasteiger partial charge in [-0.05, 0) is 37.6 Å². The number of hydrogen-bond donors (Lipinski definition) is 1. The van der Waals surface area contributed by atoms with Crippen LogP contribution in [0.25, 0.3) is 0 Å². The molecule has 1 saturated heterocycles. The van der Waals surface area contributed by atoms with Crippen LogP contribution in [-0.2, 0) is 0 Å². The molecule has 3 nitrogen and oxygen atoms in total. The molecule has 0 aromatic heterocycles. The fraction of sp³-hybridized carbons (Fsp3) is 0.462. The molecular formula is C13H16ClFN2O. The first-order valence-corrected chi connectivity index (χ1v) is 6.32. The van der Waals surface area contributed by atoms with Gasteiger partial charge in [0, 0.05) is 19.6 Å². The predicted molar refractivity (Wildman–Crippen MR) is 69.5 cm³/mol. The summed E-state index contributed by atoms with van der Waals surface area (Å²) in [5, 5.41) is 3.50. The highest BCUT2D eigenvalue weighted by Crippen LogP contribution is 2.23. The van der Waals surface area contributed by atoms with Crippen molar-refractivity contribution >= 4 is 17.5 Å². The van der Waals surface area contributed by atoms with Crippen LogP contribution in [0.4, 0.5) is 4.39 Å². The van der Waals surface area contributed by atoms with Gasteiger partial charge in [0.05, 0.1) is 10.6 Å². The van der Waals surface area contributed by atoms with Gasteiger partial charge in [0.1, 0.15) is 5.82 Å². The molecule has 1 amide bonds. The van der Waals surface area contributed by atoms with E-state index in [-0.39, 0.29) is 17.5 Å². The minimum Gasteiger partial charge on any atom is -0.337 e. The van der Waals surface area contributed by atoms with Crippen molar-refractivity contribution in [2.75, 3.05) is 20.1 Å². The van der Waals surface area contributed by atoms with Gasteiger partial charge in [-0.1, -0.05) is 11.6 Å². The van der Waals surface area contributed by atoms with Crippen molar-refractivity contribution < 1.29 is 9.18 Å². The monoisotopic (exact) mass is 270 g/mol. The molecule has 1 atom stereocenters. The summed E-state index contributed by atoms with van der Waals surface area (Å²) < 4.78 is 13.5. The Labute approximate surface area is 111 Å². The van der Waals surface area contributed by atoms with Gasteiger partial charge in [0.15, 0.2) is 0 Å². The van der Waals surface area contributed by atoms with Crippen molar-refractivity contribution in [2.45, 2.75) is 19.4 Å². The largest absolute Gasteiger partial charge is 0.337 e. The summed E-state index contributed by atoms with van der Waals surface area (Å²) in [7, 11) is 1.73. The van der Waals surface area contributed by atoms with E-state index in [2.05, 4.69) is 5.32 Å². The van der Waals surface area contributed by atoms with E-state index in [0.29, 0.717) is 10.6 Å². The Balaban J connectivity index is 2.25. The topological polar surface area (TPSA) is 32.3 Å². The Bertz CT molecular complexity index is 472. The summed E-state index contributed by atoms with van der Waals surface area (Å²) in [5.74, 6) is -0.631. The van der Waals surface area contributed by atoms with Crippen molar-refractivity contribution in [2.24, 2.45) is 0 Å². The van der Waals surface area contributed by atoms with E-state index in [0.717, 1.165) is 19.5 Å². The standard InChI is InChI=1S/C13H16ClFN2O/c1-8-5-11(14)10(6-12(8)15)13(18)17(2)9-3-4-16-7-9/h5-6,9,16H,3-4,7H2,1-2H3. The van der Waals surface area contributed by atoms with Gasteiger partial charge in [-0.25, -0.2) is 4.39 Å². The average Bonchev–Trinajstić information content (AvgIpc) is 2.85. The number of benzene rings is 1. The molecule has 18 heavy (non-hydrogen) atoms. The second-order valence-electron chi connectivity index (χ2n) is 4.64. The fourth-order valence-corrected chi connectivity index (χ4v) is 2.44. The van der Waals surface area contributed by atoms with Crippen LogP contribution in [0.2, 0.25) is 5.02 Å². The zero-order chi connectivity index (χ0) is 13.3. The van der Waals surface area contributed by atoms with Crippen LogP contribution in [-0.4, -0.2) is 37.0 Å². The Morgan fingerprint density at radius 3 is 2.89 bits per heavy atom. The third kappa shape index (κ3) is 2.49. The van der Waals surface area contributed by atoms with Crippen LogP contribution in [0.5, 0.6) is 0 Å². The summed E-state index contributed by atoms with van der Waals surface area (Å²) in [6, 6.07) is 2.86. The van der Waals surface area contributed by atoms with Crippen molar-refractivity contribution in [3.63, 3.8) is 0 Å². The molecule has 5 heteroatoms. The first-order valence-electron chi connectivity index (χ1n) is 5.94. The minimum atomic E-state index is -0.402. The van der Waals surface area contributed by atoms with Gasteiger partial charge in [-0.3, -0.25) is 4.79 Å². The molecule has 1 heterocycles. The quantitative estimate of drug-likeness (QED) is 0.894. The normalized spacial score (nSPS) is 19.0. The van der Waals surface area contributed by atoms with Crippen LogP contribution in [0, 0.1) is 12.7 Å². The Hall–Kier alpha value is -1.13. The maximum Gasteiger partial charge on any atom is 0.255 e. The molecule has 0 spiro atoms. The van der Waals surface area contributed by atoms with Crippen molar-refractivity contribution in [1.82, 2.24) is 10.2 Å². The van der Waals surface area contributed by atoms with Crippen LogP contribution in [0.15, 0.2) is 12.1 Å². The van der Waals surface area contributed by atoms with Crippen LogP contribution < -0.4 is 5.32 Å². The van der Waals surface area contributed by atoms with E-state index in [1.54, 1.807) is 18.9 Å². The summed E-state index contributed by atoms with van der Waals surface area (Å²) in [5.41, 5.74) is 0.677. The van der Waals surface area contributed by atoms with Crippen molar-refractivity contribution in [3.8, 4) is 0 Å². The van der Waals surface area contributed by atoms with Crippen molar-refractivity contribution in [1.29, 1.82) is 0 Å². The minimum absolute atomic E-state index is 0.151. The maximum atomic E-state index is 13.5. The first-order chi connectivity index (χ1) is 8.50. The highest BCUT2D eigenvalue weighted by molar-refractivity contribution is 6.33. The molecule has 1 fully saturated rings.